The lowest BCUT2D eigenvalue weighted by Crippen LogP contribution is -2.31. The summed E-state index contributed by atoms with van der Waals surface area (Å²) in [6.45, 7) is 2.44. The van der Waals surface area contributed by atoms with E-state index in [1.807, 2.05) is 60.8 Å². The van der Waals surface area contributed by atoms with Crippen molar-refractivity contribution in [1.82, 2.24) is 19.9 Å². The number of nitrogens with zero attached hydrogens (tertiary/aromatic N) is 4. The van der Waals surface area contributed by atoms with Gasteiger partial charge in [-0.05, 0) is 48.5 Å². The van der Waals surface area contributed by atoms with E-state index in [0.29, 0.717) is 10.6 Å². The minimum Gasteiger partial charge on any atom is -0.465 e. The standard InChI is InChI=1S/C27H23ClN4O2/c1-34-27(33)20-7-5-18(6-8-20)24-4-2-3-23(30-24)17-32-14-13-25-21(16-32)15-29-26(31-25)19-9-11-22(28)12-10-19/h2-12,15H,13-14,16-17H2,1H3. The first-order valence-electron chi connectivity index (χ1n) is 11.1. The molecule has 170 valence electrons. The van der Waals surface area contributed by atoms with Gasteiger partial charge in [-0.2, -0.15) is 0 Å². The molecule has 0 bridgehead atoms. The molecule has 0 radical (unpaired) electrons. The van der Waals surface area contributed by atoms with Gasteiger partial charge in [-0.25, -0.2) is 14.8 Å². The molecule has 6 nitrogen and oxygen atoms in total. The van der Waals surface area contributed by atoms with Gasteiger partial charge in [0, 0.05) is 54.0 Å². The Morgan fingerprint density at radius 1 is 1.00 bits per heavy atom. The zero-order valence-corrected chi connectivity index (χ0v) is 19.5. The number of hydrogen-bond acceptors (Lipinski definition) is 6. The average molecular weight is 471 g/mol. The van der Waals surface area contributed by atoms with Gasteiger partial charge in [-0.1, -0.05) is 29.8 Å². The van der Waals surface area contributed by atoms with Crippen molar-refractivity contribution in [3.05, 3.63) is 100 Å². The Bertz CT molecular complexity index is 1320. The molecule has 0 aliphatic carbocycles. The van der Waals surface area contributed by atoms with Crippen molar-refractivity contribution >= 4 is 17.6 Å². The third kappa shape index (κ3) is 4.83. The lowest BCUT2D eigenvalue weighted by molar-refractivity contribution is 0.0600. The fraction of sp³-hybridized carbons (Fsp3) is 0.185. The van der Waals surface area contributed by atoms with Gasteiger partial charge in [0.1, 0.15) is 0 Å². The summed E-state index contributed by atoms with van der Waals surface area (Å²) in [4.78, 5) is 28.3. The van der Waals surface area contributed by atoms with Crippen molar-refractivity contribution in [3.63, 3.8) is 0 Å². The highest BCUT2D eigenvalue weighted by atomic mass is 35.5. The van der Waals surface area contributed by atoms with Crippen LogP contribution in [0.1, 0.15) is 27.3 Å². The number of esters is 1. The molecule has 7 heteroatoms. The number of halogens is 1. The molecule has 34 heavy (non-hydrogen) atoms. The SMILES string of the molecule is COC(=O)c1ccc(-c2cccc(CN3CCc4nc(-c5ccc(Cl)cc5)ncc4C3)n2)cc1. The predicted octanol–water partition coefficient (Wildman–Crippen LogP) is 5.20. The fourth-order valence-electron chi connectivity index (χ4n) is 4.10. The van der Waals surface area contributed by atoms with Crippen molar-refractivity contribution < 1.29 is 9.53 Å². The first kappa shape index (κ1) is 22.2. The number of rotatable bonds is 5. The number of carbonyl (C=O) groups excluding carboxylic acids is 1. The first-order chi connectivity index (χ1) is 16.6. The van der Waals surface area contributed by atoms with Crippen LogP contribution >= 0.6 is 11.6 Å². The minimum absolute atomic E-state index is 0.345. The molecule has 0 saturated heterocycles. The van der Waals surface area contributed by atoms with Gasteiger partial charge < -0.3 is 4.74 Å². The fourth-order valence-corrected chi connectivity index (χ4v) is 4.23. The highest BCUT2D eigenvalue weighted by molar-refractivity contribution is 6.30. The zero-order valence-electron chi connectivity index (χ0n) is 18.7. The lowest BCUT2D eigenvalue weighted by Gasteiger charge is -2.27. The van der Waals surface area contributed by atoms with Gasteiger partial charge in [-0.15, -0.1) is 0 Å². The van der Waals surface area contributed by atoms with Gasteiger partial charge in [0.15, 0.2) is 5.82 Å². The normalized spacial score (nSPS) is 13.4. The molecule has 2 aromatic carbocycles. The number of hydrogen-bond donors (Lipinski definition) is 0. The third-order valence-electron chi connectivity index (χ3n) is 5.91. The Morgan fingerprint density at radius 2 is 1.76 bits per heavy atom. The molecule has 4 aromatic rings. The highest BCUT2D eigenvalue weighted by Gasteiger charge is 2.19. The number of benzene rings is 2. The molecule has 0 atom stereocenters. The number of pyridine rings is 1. The summed E-state index contributed by atoms with van der Waals surface area (Å²) in [6, 6.07) is 21.0. The molecule has 0 amide bonds. The second-order valence-corrected chi connectivity index (χ2v) is 8.65. The van der Waals surface area contributed by atoms with Crippen molar-refractivity contribution in [2.75, 3.05) is 13.7 Å². The average Bonchev–Trinajstić information content (AvgIpc) is 2.88. The summed E-state index contributed by atoms with van der Waals surface area (Å²) in [6.07, 6.45) is 2.80. The van der Waals surface area contributed by atoms with E-state index in [1.165, 1.54) is 7.11 Å². The molecular weight excluding hydrogens is 448 g/mol. The van der Waals surface area contributed by atoms with Gasteiger partial charge in [0.25, 0.3) is 0 Å². The largest absolute Gasteiger partial charge is 0.465 e. The highest BCUT2D eigenvalue weighted by Crippen LogP contribution is 2.24. The lowest BCUT2D eigenvalue weighted by atomic mass is 10.1. The maximum atomic E-state index is 11.7. The number of carbonyl (C=O) groups is 1. The maximum Gasteiger partial charge on any atom is 0.337 e. The number of fused-ring (bicyclic) bond motifs is 1. The molecular formula is C27H23ClN4O2. The van der Waals surface area contributed by atoms with Crippen LogP contribution in [0, 0.1) is 0 Å². The van der Waals surface area contributed by atoms with Crippen molar-refractivity contribution in [2.45, 2.75) is 19.5 Å². The van der Waals surface area contributed by atoms with Crippen LogP contribution in [0.2, 0.25) is 5.02 Å². The summed E-state index contributed by atoms with van der Waals surface area (Å²) in [5.41, 5.74) is 6.58. The van der Waals surface area contributed by atoms with Gasteiger partial charge >= 0.3 is 5.97 Å². The van der Waals surface area contributed by atoms with Crippen LogP contribution in [0.4, 0.5) is 0 Å². The van der Waals surface area contributed by atoms with Crippen LogP contribution in [0.3, 0.4) is 0 Å². The van der Waals surface area contributed by atoms with Crippen LogP contribution in [-0.2, 0) is 24.2 Å². The van der Waals surface area contributed by atoms with Gasteiger partial charge in [-0.3, -0.25) is 9.88 Å². The minimum atomic E-state index is -0.345. The summed E-state index contributed by atoms with van der Waals surface area (Å²) in [5.74, 6) is 0.388. The van der Waals surface area contributed by atoms with Crippen molar-refractivity contribution in [3.8, 4) is 22.6 Å². The monoisotopic (exact) mass is 470 g/mol. The molecule has 3 heterocycles. The molecule has 1 aliphatic rings. The van der Waals surface area contributed by atoms with Crippen LogP contribution < -0.4 is 0 Å². The van der Waals surface area contributed by atoms with Crippen LogP contribution in [0.15, 0.2) is 72.9 Å². The predicted molar refractivity (Wildman–Crippen MR) is 131 cm³/mol. The van der Waals surface area contributed by atoms with E-state index in [0.717, 1.165) is 65.7 Å². The van der Waals surface area contributed by atoms with E-state index in [2.05, 4.69) is 9.88 Å². The smallest absolute Gasteiger partial charge is 0.337 e. The zero-order chi connectivity index (χ0) is 23.5. The molecule has 0 unspecified atom stereocenters. The van der Waals surface area contributed by atoms with Crippen molar-refractivity contribution in [1.29, 1.82) is 0 Å². The van der Waals surface area contributed by atoms with Crippen LogP contribution in [-0.4, -0.2) is 39.5 Å². The van der Waals surface area contributed by atoms with E-state index >= 15 is 0 Å². The molecule has 5 rings (SSSR count). The molecule has 0 fully saturated rings. The van der Waals surface area contributed by atoms with Crippen LogP contribution in [0.25, 0.3) is 22.6 Å². The molecule has 0 spiro atoms. The Labute approximate surface area is 203 Å². The molecule has 2 aromatic heterocycles. The Hall–Kier alpha value is -3.61. The number of ether oxygens (including phenoxy) is 1. The van der Waals surface area contributed by atoms with E-state index in [4.69, 9.17) is 26.3 Å². The van der Waals surface area contributed by atoms with E-state index in [-0.39, 0.29) is 5.97 Å². The molecule has 1 aliphatic heterocycles. The second-order valence-electron chi connectivity index (χ2n) is 8.22. The maximum absolute atomic E-state index is 11.7. The van der Waals surface area contributed by atoms with Crippen LogP contribution in [0.5, 0.6) is 0 Å². The Balaban J connectivity index is 1.28. The van der Waals surface area contributed by atoms with Gasteiger partial charge in [0.2, 0.25) is 0 Å². The number of methoxy groups -OCH3 is 1. The van der Waals surface area contributed by atoms with E-state index < -0.39 is 0 Å². The third-order valence-corrected chi connectivity index (χ3v) is 6.16. The summed E-state index contributed by atoms with van der Waals surface area (Å²) in [5, 5.41) is 0.702. The quantitative estimate of drug-likeness (QED) is 0.373. The Morgan fingerprint density at radius 3 is 2.53 bits per heavy atom. The Kier molecular flexibility index (Phi) is 6.34. The van der Waals surface area contributed by atoms with Crippen molar-refractivity contribution in [2.24, 2.45) is 0 Å². The second kappa shape index (κ2) is 9.71. The van der Waals surface area contributed by atoms with Gasteiger partial charge in [0.05, 0.1) is 29.8 Å². The first-order valence-corrected chi connectivity index (χ1v) is 11.4. The summed E-state index contributed by atoms with van der Waals surface area (Å²) < 4.78 is 4.77. The molecule has 0 N–H and O–H groups in total. The summed E-state index contributed by atoms with van der Waals surface area (Å²) >= 11 is 6.00. The molecule has 0 saturated carbocycles. The topological polar surface area (TPSA) is 68.2 Å². The van der Waals surface area contributed by atoms with E-state index in [9.17, 15) is 4.79 Å². The summed E-state index contributed by atoms with van der Waals surface area (Å²) in [7, 11) is 1.38. The number of aromatic nitrogens is 3. The van der Waals surface area contributed by atoms with E-state index in [1.54, 1.807) is 12.1 Å².